The molecule has 0 aromatic carbocycles. The Kier molecular flexibility index (Phi) is 1.25. The molecular formula is C9H13N. The first-order chi connectivity index (χ1) is 4.87. The fourth-order valence-corrected chi connectivity index (χ4v) is 2.05. The van der Waals surface area contributed by atoms with E-state index in [2.05, 4.69) is 11.2 Å². The van der Waals surface area contributed by atoms with E-state index in [1.807, 2.05) is 0 Å². The van der Waals surface area contributed by atoms with Gasteiger partial charge in [-0.25, -0.2) is 0 Å². The normalized spacial score (nSPS) is 44.9. The van der Waals surface area contributed by atoms with E-state index in [9.17, 15) is 0 Å². The highest BCUT2D eigenvalue weighted by atomic mass is 14.9. The Morgan fingerprint density at radius 3 is 3.00 bits per heavy atom. The Hall–Kier alpha value is -0.480. The minimum Gasteiger partial charge on any atom is -0.316 e. The average molecular weight is 135 g/mol. The first-order valence-corrected chi connectivity index (χ1v) is 4.04. The van der Waals surface area contributed by atoms with E-state index >= 15 is 0 Å². The van der Waals surface area contributed by atoms with Gasteiger partial charge in [-0.1, -0.05) is 0 Å². The van der Waals surface area contributed by atoms with Crippen molar-refractivity contribution in [1.29, 1.82) is 0 Å². The quantitative estimate of drug-likeness (QED) is 0.489. The highest BCUT2D eigenvalue weighted by molar-refractivity contribution is 5.17. The second kappa shape index (κ2) is 2.00. The van der Waals surface area contributed by atoms with Crippen molar-refractivity contribution in [1.82, 2.24) is 5.32 Å². The summed E-state index contributed by atoms with van der Waals surface area (Å²) in [6.07, 6.45) is 9.31. The molecule has 1 N–H and O–H groups in total. The summed E-state index contributed by atoms with van der Waals surface area (Å²) in [6.45, 7) is 2.36. The Balaban J connectivity index is 1.99. The summed E-state index contributed by atoms with van der Waals surface area (Å²) >= 11 is 0. The fourth-order valence-electron chi connectivity index (χ4n) is 2.05. The molecule has 2 aliphatic rings. The van der Waals surface area contributed by atoms with Gasteiger partial charge in [0.2, 0.25) is 0 Å². The van der Waals surface area contributed by atoms with Gasteiger partial charge < -0.3 is 5.32 Å². The summed E-state index contributed by atoms with van der Waals surface area (Å²) in [7, 11) is 0. The molecule has 1 saturated heterocycles. The van der Waals surface area contributed by atoms with Crippen LogP contribution in [0, 0.1) is 23.7 Å². The van der Waals surface area contributed by atoms with Crippen LogP contribution in [0.3, 0.4) is 0 Å². The smallest absolute Gasteiger partial charge is 0.0275 e. The molecule has 1 heteroatoms. The highest BCUT2D eigenvalue weighted by Gasteiger charge is 2.52. The largest absolute Gasteiger partial charge is 0.316 e. The molecule has 2 fully saturated rings. The monoisotopic (exact) mass is 135 g/mol. The van der Waals surface area contributed by atoms with Gasteiger partial charge in [-0.2, -0.15) is 0 Å². The van der Waals surface area contributed by atoms with Gasteiger partial charge in [0.05, 0.1) is 0 Å². The van der Waals surface area contributed by atoms with Crippen molar-refractivity contribution in [2.75, 3.05) is 13.1 Å². The van der Waals surface area contributed by atoms with E-state index in [0.29, 0.717) is 11.3 Å². The highest BCUT2D eigenvalue weighted by Crippen LogP contribution is 2.55. The number of piperidine rings is 1. The predicted octanol–water partition coefficient (Wildman–Crippen LogP) is 1.01. The van der Waals surface area contributed by atoms with Crippen LogP contribution in [0.4, 0.5) is 0 Å². The van der Waals surface area contributed by atoms with Gasteiger partial charge in [0.25, 0.3) is 0 Å². The van der Waals surface area contributed by atoms with Gasteiger partial charge in [0.15, 0.2) is 0 Å². The minimum atomic E-state index is 0.549. The van der Waals surface area contributed by atoms with Crippen LogP contribution in [0.5, 0.6) is 0 Å². The number of hydrogen-bond donors (Lipinski definition) is 1. The molecule has 0 aromatic rings. The van der Waals surface area contributed by atoms with E-state index in [0.717, 1.165) is 0 Å². The number of hydrogen-bond acceptors (Lipinski definition) is 1. The van der Waals surface area contributed by atoms with E-state index in [1.54, 1.807) is 0 Å². The standard InChI is InChI=1S/C9H13N/c1-2-8-6-9(8)4-3-5-10-7-9/h1,8,10H,3-7H2. The van der Waals surface area contributed by atoms with Crippen molar-refractivity contribution in [3.8, 4) is 12.3 Å². The summed E-state index contributed by atoms with van der Waals surface area (Å²) in [5, 5.41) is 3.41. The first-order valence-electron chi connectivity index (χ1n) is 4.04. The Labute approximate surface area is 62.2 Å². The maximum absolute atomic E-state index is 5.36. The van der Waals surface area contributed by atoms with Crippen LogP contribution < -0.4 is 5.32 Å². The van der Waals surface area contributed by atoms with Crippen LogP contribution in [0.2, 0.25) is 0 Å². The molecule has 1 heterocycles. The lowest BCUT2D eigenvalue weighted by atomic mass is 9.94. The molecule has 10 heavy (non-hydrogen) atoms. The van der Waals surface area contributed by atoms with Crippen LogP contribution in [0.25, 0.3) is 0 Å². The van der Waals surface area contributed by atoms with Crippen molar-refractivity contribution in [2.45, 2.75) is 19.3 Å². The van der Waals surface area contributed by atoms with Gasteiger partial charge in [-0.3, -0.25) is 0 Å². The van der Waals surface area contributed by atoms with E-state index in [4.69, 9.17) is 6.42 Å². The predicted molar refractivity (Wildman–Crippen MR) is 41.5 cm³/mol. The number of terminal acetylenes is 1. The van der Waals surface area contributed by atoms with Crippen molar-refractivity contribution in [2.24, 2.45) is 11.3 Å². The van der Waals surface area contributed by atoms with Crippen LogP contribution in [-0.4, -0.2) is 13.1 Å². The molecule has 1 nitrogen and oxygen atoms in total. The maximum Gasteiger partial charge on any atom is 0.0275 e. The molecule has 2 unspecified atom stereocenters. The Morgan fingerprint density at radius 2 is 2.50 bits per heavy atom. The van der Waals surface area contributed by atoms with Gasteiger partial charge in [-0.15, -0.1) is 12.3 Å². The van der Waals surface area contributed by atoms with E-state index < -0.39 is 0 Å². The van der Waals surface area contributed by atoms with Crippen LogP contribution in [0.1, 0.15) is 19.3 Å². The fraction of sp³-hybridized carbons (Fsp3) is 0.778. The SMILES string of the molecule is C#CC1CC12CCCNC2. The van der Waals surface area contributed by atoms with Gasteiger partial charge >= 0.3 is 0 Å². The lowest BCUT2D eigenvalue weighted by molar-refractivity contribution is 0.344. The summed E-state index contributed by atoms with van der Waals surface area (Å²) in [6, 6.07) is 0. The van der Waals surface area contributed by atoms with Crippen LogP contribution in [-0.2, 0) is 0 Å². The zero-order valence-corrected chi connectivity index (χ0v) is 6.19. The summed E-state index contributed by atoms with van der Waals surface area (Å²) in [5.41, 5.74) is 0.549. The molecule has 1 spiro atoms. The molecular weight excluding hydrogens is 122 g/mol. The molecule has 2 rings (SSSR count). The molecule has 0 aromatic heterocycles. The zero-order valence-electron chi connectivity index (χ0n) is 6.19. The lowest BCUT2D eigenvalue weighted by Gasteiger charge is -2.22. The molecule has 1 aliphatic carbocycles. The average Bonchev–Trinajstić information content (AvgIpc) is 2.65. The minimum absolute atomic E-state index is 0.549. The number of rotatable bonds is 0. The third-order valence-corrected chi connectivity index (χ3v) is 2.90. The van der Waals surface area contributed by atoms with Crippen LogP contribution >= 0.6 is 0 Å². The van der Waals surface area contributed by atoms with Crippen molar-refractivity contribution in [3.63, 3.8) is 0 Å². The summed E-state index contributed by atoms with van der Waals surface area (Å²) in [5.74, 6) is 3.46. The zero-order chi connectivity index (χ0) is 7.03. The topological polar surface area (TPSA) is 12.0 Å². The van der Waals surface area contributed by atoms with Gasteiger partial charge in [-0.05, 0) is 31.2 Å². The van der Waals surface area contributed by atoms with Gasteiger partial charge in [0.1, 0.15) is 0 Å². The van der Waals surface area contributed by atoms with Gasteiger partial charge in [0, 0.05) is 12.5 Å². The van der Waals surface area contributed by atoms with Crippen molar-refractivity contribution >= 4 is 0 Å². The Bertz CT molecular complexity index is 172. The molecule has 1 saturated carbocycles. The molecule has 0 radical (unpaired) electrons. The van der Waals surface area contributed by atoms with Crippen molar-refractivity contribution in [3.05, 3.63) is 0 Å². The van der Waals surface area contributed by atoms with E-state index in [-0.39, 0.29) is 0 Å². The van der Waals surface area contributed by atoms with E-state index in [1.165, 1.54) is 32.4 Å². The molecule has 2 atom stereocenters. The summed E-state index contributed by atoms with van der Waals surface area (Å²) in [4.78, 5) is 0. The van der Waals surface area contributed by atoms with Crippen LogP contribution in [0.15, 0.2) is 0 Å². The number of nitrogens with one attached hydrogen (secondary N) is 1. The second-order valence-corrected chi connectivity index (χ2v) is 3.57. The molecule has 1 aliphatic heterocycles. The van der Waals surface area contributed by atoms with Crippen molar-refractivity contribution < 1.29 is 0 Å². The molecule has 0 bridgehead atoms. The maximum atomic E-state index is 5.36. The third kappa shape index (κ3) is 0.759. The molecule has 54 valence electrons. The first kappa shape index (κ1) is 6.24. The Morgan fingerprint density at radius 1 is 1.60 bits per heavy atom. The third-order valence-electron chi connectivity index (χ3n) is 2.90. The summed E-state index contributed by atoms with van der Waals surface area (Å²) < 4.78 is 0. The lowest BCUT2D eigenvalue weighted by Crippen LogP contribution is -2.32. The molecule has 0 amide bonds. The second-order valence-electron chi connectivity index (χ2n) is 3.57.